The Hall–Kier alpha value is -5.53. The van der Waals surface area contributed by atoms with E-state index >= 15 is 4.39 Å². The van der Waals surface area contributed by atoms with Crippen LogP contribution in [-0.4, -0.2) is 73.5 Å². The topological polar surface area (TPSA) is 113 Å². The molecule has 0 radical (unpaired) electrons. The summed E-state index contributed by atoms with van der Waals surface area (Å²) >= 11 is 0. The van der Waals surface area contributed by atoms with Crippen molar-refractivity contribution in [1.29, 1.82) is 0 Å². The molecule has 1 fully saturated rings. The van der Waals surface area contributed by atoms with Crippen LogP contribution in [0.25, 0.3) is 16.6 Å². The first-order chi connectivity index (χ1) is 24.3. The van der Waals surface area contributed by atoms with Crippen molar-refractivity contribution in [2.45, 2.75) is 18.9 Å². The van der Waals surface area contributed by atoms with Crippen LogP contribution in [0.2, 0.25) is 0 Å². The highest BCUT2D eigenvalue weighted by Crippen LogP contribution is 2.38. The van der Waals surface area contributed by atoms with Gasteiger partial charge in [-0.05, 0) is 55.0 Å². The van der Waals surface area contributed by atoms with Crippen molar-refractivity contribution in [2.75, 3.05) is 52.4 Å². The molecule has 13 heteroatoms. The van der Waals surface area contributed by atoms with Crippen LogP contribution >= 0.6 is 0 Å². The highest BCUT2D eigenvalue weighted by Gasteiger charge is 2.27. The van der Waals surface area contributed by atoms with E-state index in [1.54, 1.807) is 37.7 Å². The lowest BCUT2D eigenvalue weighted by molar-refractivity contribution is 0.102. The van der Waals surface area contributed by atoms with Crippen LogP contribution in [0.4, 0.5) is 14.5 Å². The maximum atomic E-state index is 15.5. The van der Waals surface area contributed by atoms with E-state index in [-0.39, 0.29) is 28.9 Å². The van der Waals surface area contributed by atoms with Crippen molar-refractivity contribution in [3.05, 3.63) is 106 Å². The molecular weight excluding hydrogens is 650 g/mol. The number of likely N-dealkylation sites (tertiary alicyclic amines) is 1. The standard InChI is InChI=1S/C37H34F2N4O7/c1-46-26-10-13-42(21-26)14-16-48-33-19-29-27(18-32(33)47-2)30(9-12-40-29)50-31-8-5-24(17-28(31)39)41-36(44)34-35-22(11-15-49-35)20-43(37(34)45)25-6-3-23(38)4-7-25/h3-9,12,17-20,26H,10-11,13-16,21H2,1-2H3,(H,41,44). The highest BCUT2D eigenvalue weighted by molar-refractivity contribution is 6.06. The minimum absolute atomic E-state index is 0.0953. The van der Waals surface area contributed by atoms with Gasteiger partial charge < -0.3 is 29.0 Å². The summed E-state index contributed by atoms with van der Waals surface area (Å²) in [5.74, 6) is -0.587. The minimum atomic E-state index is -0.775. The summed E-state index contributed by atoms with van der Waals surface area (Å²) in [4.78, 5) is 33.7. The Morgan fingerprint density at radius 1 is 1.02 bits per heavy atom. The summed E-state index contributed by atoms with van der Waals surface area (Å²) in [5.41, 5.74) is 0.801. The average Bonchev–Trinajstić information content (AvgIpc) is 3.79. The second-order valence-corrected chi connectivity index (χ2v) is 11.9. The summed E-state index contributed by atoms with van der Waals surface area (Å²) in [5, 5.41) is 3.18. The van der Waals surface area contributed by atoms with E-state index in [4.69, 9.17) is 23.7 Å². The predicted octanol–water partition coefficient (Wildman–Crippen LogP) is 5.75. The summed E-state index contributed by atoms with van der Waals surface area (Å²) in [6.07, 6.45) is 4.85. The van der Waals surface area contributed by atoms with E-state index in [0.717, 1.165) is 32.1 Å². The molecule has 1 N–H and O–H groups in total. The van der Waals surface area contributed by atoms with Gasteiger partial charge >= 0.3 is 0 Å². The summed E-state index contributed by atoms with van der Waals surface area (Å²) in [6.45, 7) is 3.30. The largest absolute Gasteiger partial charge is 0.493 e. The van der Waals surface area contributed by atoms with Gasteiger partial charge in [-0.25, -0.2) is 8.78 Å². The number of aromatic nitrogens is 2. The van der Waals surface area contributed by atoms with Crippen molar-refractivity contribution < 1.29 is 37.3 Å². The molecule has 0 aliphatic carbocycles. The van der Waals surface area contributed by atoms with Gasteiger partial charge in [0.05, 0.1) is 25.3 Å². The maximum absolute atomic E-state index is 15.5. The number of pyridine rings is 2. The monoisotopic (exact) mass is 684 g/mol. The third-order valence-corrected chi connectivity index (χ3v) is 8.81. The van der Waals surface area contributed by atoms with E-state index < -0.39 is 23.1 Å². The van der Waals surface area contributed by atoms with Crippen molar-refractivity contribution in [3.63, 3.8) is 0 Å². The second-order valence-electron chi connectivity index (χ2n) is 11.9. The molecule has 11 nitrogen and oxygen atoms in total. The Bertz CT molecular complexity index is 2120. The van der Waals surface area contributed by atoms with Crippen molar-refractivity contribution in [1.82, 2.24) is 14.5 Å². The number of fused-ring (bicyclic) bond motifs is 2. The second kappa shape index (κ2) is 14.1. The number of ether oxygens (including phenoxy) is 5. The first-order valence-electron chi connectivity index (χ1n) is 16.1. The Kier molecular flexibility index (Phi) is 9.33. The van der Waals surface area contributed by atoms with Gasteiger partial charge in [0.1, 0.15) is 29.5 Å². The van der Waals surface area contributed by atoms with E-state index in [0.29, 0.717) is 59.0 Å². The number of carbonyl (C=O) groups excluding carboxylic acids is 1. The fourth-order valence-electron chi connectivity index (χ4n) is 6.19. The highest BCUT2D eigenvalue weighted by atomic mass is 19.1. The number of benzene rings is 3. The predicted molar refractivity (Wildman–Crippen MR) is 181 cm³/mol. The molecule has 1 saturated heterocycles. The molecule has 0 spiro atoms. The summed E-state index contributed by atoms with van der Waals surface area (Å²) in [6, 6.07) is 14.4. The van der Waals surface area contributed by atoms with Crippen LogP contribution in [0.1, 0.15) is 22.3 Å². The number of halogens is 2. The quantitative estimate of drug-likeness (QED) is 0.186. The first-order valence-corrected chi connectivity index (χ1v) is 16.1. The van der Waals surface area contributed by atoms with Gasteiger partial charge in [-0.2, -0.15) is 0 Å². The third-order valence-electron chi connectivity index (χ3n) is 8.81. The average molecular weight is 685 g/mol. The van der Waals surface area contributed by atoms with Gasteiger partial charge in [-0.15, -0.1) is 0 Å². The molecule has 1 unspecified atom stereocenters. The Morgan fingerprint density at radius 3 is 2.62 bits per heavy atom. The molecule has 7 rings (SSSR count). The van der Waals surface area contributed by atoms with Crippen LogP contribution in [0.5, 0.6) is 28.7 Å². The number of hydrogen-bond donors (Lipinski definition) is 1. The van der Waals surface area contributed by atoms with Crippen molar-refractivity contribution in [3.8, 4) is 34.4 Å². The number of carbonyl (C=O) groups is 1. The molecule has 2 aliphatic heterocycles. The molecule has 1 amide bonds. The first kappa shape index (κ1) is 33.0. The van der Waals surface area contributed by atoms with E-state index in [9.17, 15) is 14.0 Å². The Balaban J connectivity index is 1.08. The minimum Gasteiger partial charge on any atom is -0.493 e. The summed E-state index contributed by atoms with van der Waals surface area (Å²) < 4.78 is 59.0. The zero-order valence-electron chi connectivity index (χ0n) is 27.4. The van der Waals surface area contributed by atoms with Crippen LogP contribution in [0.3, 0.4) is 0 Å². The summed E-state index contributed by atoms with van der Waals surface area (Å²) in [7, 11) is 3.26. The lowest BCUT2D eigenvalue weighted by Crippen LogP contribution is -2.29. The number of rotatable bonds is 11. The van der Waals surface area contributed by atoms with E-state index in [1.807, 2.05) is 0 Å². The van der Waals surface area contributed by atoms with Gasteiger partial charge in [0, 0.05) is 80.0 Å². The number of hydrogen-bond acceptors (Lipinski definition) is 9. The smallest absolute Gasteiger partial charge is 0.271 e. The van der Waals surface area contributed by atoms with Crippen molar-refractivity contribution >= 4 is 22.5 Å². The van der Waals surface area contributed by atoms with Gasteiger partial charge in [-0.1, -0.05) is 0 Å². The molecular formula is C37H34F2N4O7. The normalized spacial score (nSPS) is 15.5. The lowest BCUT2D eigenvalue weighted by atomic mass is 10.1. The number of methoxy groups -OCH3 is 2. The molecule has 3 aromatic carbocycles. The van der Waals surface area contributed by atoms with Gasteiger partial charge in [-0.3, -0.25) is 24.0 Å². The zero-order chi connectivity index (χ0) is 34.8. The van der Waals surface area contributed by atoms with E-state index in [2.05, 4.69) is 15.2 Å². The molecule has 0 bridgehead atoms. The molecule has 1 atom stereocenters. The van der Waals surface area contributed by atoms with Gasteiger partial charge in [0.2, 0.25) is 0 Å². The van der Waals surface area contributed by atoms with Crippen LogP contribution in [0, 0.1) is 11.6 Å². The van der Waals surface area contributed by atoms with Crippen LogP contribution in [0.15, 0.2) is 77.9 Å². The Morgan fingerprint density at radius 2 is 1.86 bits per heavy atom. The number of amides is 1. The molecule has 258 valence electrons. The Labute approximate surface area is 285 Å². The van der Waals surface area contributed by atoms with Gasteiger partial charge in [0.15, 0.2) is 23.1 Å². The fourth-order valence-corrected chi connectivity index (χ4v) is 6.19. The lowest BCUT2D eigenvalue weighted by Gasteiger charge is -2.17. The molecule has 0 saturated carbocycles. The molecule has 4 heterocycles. The molecule has 50 heavy (non-hydrogen) atoms. The molecule has 2 aromatic heterocycles. The van der Waals surface area contributed by atoms with Crippen molar-refractivity contribution in [2.24, 2.45) is 0 Å². The number of nitrogens with one attached hydrogen (secondary N) is 1. The SMILES string of the molecule is COc1cc2c(Oc3ccc(NC(=O)c4c5c(cn(-c6ccc(F)cc6)c4=O)CCO5)cc3F)ccnc2cc1OCCN1CCC(OC)C1. The third kappa shape index (κ3) is 6.69. The zero-order valence-corrected chi connectivity index (χ0v) is 27.4. The molecule has 2 aliphatic rings. The van der Waals surface area contributed by atoms with Gasteiger partial charge in [0.25, 0.3) is 11.5 Å². The molecule has 5 aromatic rings. The fraction of sp³-hybridized carbons (Fsp3) is 0.270. The number of anilines is 1. The number of nitrogens with zero attached hydrogens (tertiary/aromatic N) is 3. The van der Waals surface area contributed by atoms with E-state index in [1.165, 1.54) is 48.1 Å². The van der Waals surface area contributed by atoms with Crippen LogP contribution in [-0.2, 0) is 11.2 Å². The maximum Gasteiger partial charge on any atom is 0.271 e. The van der Waals surface area contributed by atoms with Crippen LogP contribution < -0.4 is 29.8 Å².